The Bertz CT molecular complexity index is 605. The molecule has 0 fully saturated rings. The molecule has 0 aliphatic rings. The molecule has 2 rings (SSSR count). The molecule has 0 aliphatic heterocycles. The third kappa shape index (κ3) is 3.75. The van der Waals surface area contributed by atoms with Crippen LogP contribution in [0.3, 0.4) is 0 Å². The molecular weight excluding hydrogens is 316 g/mol. The summed E-state index contributed by atoms with van der Waals surface area (Å²) < 4.78 is 6.31. The minimum Gasteiger partial charge on any atom is -0.479 e. The van der Waals surface area contributed by atoms with E-state index in [4.69, 9.17) is 10.00 Å². The lowest BCUT2D eigenvalue weighted by Gasteiger charge is -2.17. The summed E-state index contributed by atoms with van der Waals surface area (Å²) in [5.41, 5.74) is 2.22. The van der Waals surface area contributed by atoms with Gasteiger partial charge >= 0.3 is 0 Å². The molecule has 0 aliphatic carbocycles. The van der Waals surface area contributed by atoms with Crippen LogP contribution in [0.4, 0.5) is 5.69 Å². The van der Waals surface area contributed by atoms with Crippen molar-refractivity contribution in [3.63, 3.8) is 0 Å². The van der Waals surface area contributed by atoms with E-state index in [1.807, 2.05) is 48.5 Å². The Labute approximate surface area is 127 Å². The number of nitrogens with zero attached hydrogens (tertiary/aromatic N) is 1. The minimum absolute atomic E-state index is 0.0696. The van der Waals surface area contributed by atoms with Crippen LogP contribution in [0.25, 0.3) is 0 Å². The number of nitriles is 1. The van der Waals surface area contributed by atoms with Crippen LogP contribution >= 0.6 is 15.9 Å². The first-order valence-electron chi connectivity index (χ1n) is 6.31. The van der Waals surface area contributed by atoms with Crippen LogP contribution in [0.2, 0.25) is 0 Å². The summed E-state index contributed by atoms with van der Waals surface area (Å²) in [6, 6.07) is 17.9. The number of rotatable bonds is 5. The molecule has 102 valence electrons. The van der Waals surface area contributed by atoms with E-state index in [-0.39, 0.29) is 12.6 Å². The monoisotopic (exact) mass is 330 g/mol. The summed E-state index contributed by atoms with van der Waals surface area (Å²) in [5.74, 6) is 0.700. The minimum atomic E-state index is 0.0696. The van der Waals surface area contributed by atoms with E-state index in [2.05, 4.69) is 34.2 Å². The molecule has 4 heteroatoms. The molecule has 1 unspecified atom stereocenters. The number of benzene rings is 2. The normalized spacial score (nSPS) is 11.4. The maximum Gasteiger partial charge on any atom is 0.174 e. The molecule has 0 saturated carbocycles. The van der Waals surface area contributed by atoms with Crippen molar-refractivity contribution in [3.8, 4) is 11.8 Å². The number of nitrogens with one attached hydrogen (secondary N) is 1. The lowest BCUT2D eigenvalue weighted by atomic mass is 10.1. The molecular formula is C16H15BrN2O. The summed E-state index contributed by atoms with van der Waals surface area (Å²) in [6.45, 7) is 2.18. The van der Waals surface area contributed by atoms with Crippen molar-refractivity contribution in [2.24, 2.45) is 0 Å². The van der Waals surface area contributed by atoms with E-state index < -0.39 is 0 Å². The molecule has 0 radical (unpaired) electrons. The zero-order valence-corrected chi connectivity index (χ0v) is 12.7. The summed E-state index contributed by atoms with van der Waals surface area (Å²) in [6.07, 6.45) is 0. The lowest BCUT2D eigenvalue weighted by molar-refractivity contribution is 0.368. The highest BCUT2D eigenvalue weighted by Gasteiger charge is 2.08. The Morgan fingerprint density at radius 3 is 2.55 bits per heavy atom. The van der Waals surface area contributed by atoms with Crippen molar-refractivity contribution in [1.82, 2.24) is 0 Å². The summed E-state index contributed by atoms with van der Waals surface area (Å²) >= 11 is 3.56. The van der Waals surface area contributed by atoms with E-state index in [0.29, 0.717) is 5.75 Å². The van der Waals surface area contributed by atoms with Crippen LogP contribution in [-0.2, 0) is 0 Å². The van der Waals surface area contributed by atoms with Gasteiger partial charge in [0.2, 0.25) is 0 Å². The second kappa shape index (κ2) is 6.97. The second-order valence-corrected chi connectivity index (χ2v) is 5.21. The van der Waals surface area contributed by atoms with Crippen molar-refractivity contribution in [1.29, 1.82) is 5.26 Å². The Balaban J connectivity index is 2.03. The van der Waals surface area contributed by atoms with Crippen molar-refractivity contribution in [2.75, 3.05) is 11.9 Å². The predicted octanol–water partition coefficient (Wildman–Crippen LogP) is 4.52. The SMILES string of the molecule is CC(Nc1ccc(OCC#N)cc1)c1ccccc1Br. The highest BCUT2D eigenvalue weighted by atomic mass is 79.9. The standard InChI is InChI=1S/C16H15BrN2O/c1-12(15-4-2-3-5-16(15)17)19-13-6-8-14(9-7-13)20-11-10-18/h2-9,12,19H,11H2,1H3. The van der Waals surface area contributed by atoms with E-state index in [0.717, 1.165) is 10.2 Å². The zero-order valence-electron chi connectivity index (χ0n) is 11.1. The van der Waals surface area contributed by atoms with Crippen LogP contribution < -0.4 is 10.1 Å². The average molecular weight is 331 g/mol. The van der Waals surface area contributed by atoms with Gasteiger partial charge in [-0.2, -0.15) is 5.26 Å². The zero-order chi connectivity index (χ0) is 14.4. The fourth-order valence-electron chi connectivity index (χ4n) is 1.92. The topological polar surface area (TPSA) is 45.0 Å². The molecule has 0 amide bonds. The number of ether oxygens (including phenoxy) is 1. The van der Waals surface area contributed by atoms with Gasteiger partial charge in [0.25, 0.3) is 0 Å². The lowest BCUT2D eigenvalue weighted by Crippen LogP contribution is -2.07. The van der Waals surface area contributed by atoms with Crippen LogP contribution in [0.1, 0.15) is 18.5 Å². The van der Waals surface area contributed by atoms with Gasteiger partial charge in [-0.05, 0) is 42.8 Å². The maximum atomic E-state index is 8.46. The summed E-state index contributed by atoms with van der Waals surface area (Å²) in [4.78, 5) is 0. The molecule has 0 heterocycles. The first-order chi connectivity index (χ1) is 9.70. The number of anilines is 1. The van der Waals surface area contributed by atoms with E-state index in [9.17, 15) is 0 Å². The molecule has 1 atom stereocenters. The molecule has 0 saturated heterocycles. The molecule has 2 aromatic rings. The fraction of sp³-hybridized carbons (Fsp3) is 0.188. The molecule has 1 N–H and O–H groups in total. The highest BCUT2D eigenvalue weighted by molar-refractivity contribution is 9.10. The third-order valence-corrected chi connectivity index (χ3v) is 3.63. The van der Waals surface area contributed by atoms with Crippen molar-refractivity contribution in [2.45, 2.75) is 13.0 Å². The maximum absolute atomic E-state index is 8.46. The highest BCUT2D eigenvalue weighted by Crippen LogP contribution is 2.26. The van der Waals surface area contributed by atoms with Gasteiger partial charge in [-0.1, -0.05) is 34.1 Å². The molecule has 0 aromatic heterocycles. The van der Waals surface area contributed by atoms with Crippen LogP contribution in [0.15, 0.2) is 53.0 Å². The van der Waals surface area contributed by atoms with Gasteiger partial charge < -0.3 is 10.1 Å². The fourth-order valence-corrected chi connectivity index (χ4v) is 2.55. The largest absolute Gasteiger partial charge is 0.479 e. The van der Waals surface area contributed by atoms with E-state index in [1.165, 1.54) is 5.56 Å². The van der Waals surface area contributed by atoms with Crippen LogP contribution in [0, 0.1) is 11.3 Å². The summed E-state index contributed by atoms with van der Waals surface area (Å²) in [7, 11) is 0. The first-order valence-corrected chi connectivity index (χ1v) is 7.11. The van der Waals surface area contributed by atoms with Gasteiger partial charge in [-0.25, -0.2) is 0 Å². The van der Waals surface area contributed by atoms with Crippen molar-refractivity contribution in [3.05, 3.63) is 58.6 Å². The number of halogens is 1. The predicted molar refractivity (Wildman–Crippen MR) is 83.7 cm³/mol. The molecule has 3 nitrogen and oxygen atoms in total. The van der Waals surface area contributed by atoms with Gasteiger partial charge in [0, 0.05) is 16.2 Å². The smallest absolute Gasteiger partial charge is 0.174 e. The first kappa shape index (κ1) is 14.4. The Kier molecular flexibility index (Phi) is 5.03. The molecule has 2 aromatic carbocycles. The number of hydrogen-bond donors (Lipinski definition) is 1. The average Bonchev–Trinajstić information content (AvgIpc) is 2.47. The van der Waals surface area contributed by atoms with Gasteiger partial charge in [-0.3, -0.25) is 0 Å². The Hall–Kier alpha value is -1.99. The van der Waals surface area contributed by atoms with Crippen LogP contribution in [-0.4, -0.2) is 6.61 Å². The third-order valence-electron chi connectivity index (χ3n) is 2.91. The molecule has 0 bridgehead atoms. The van der Waals surface area contributed by atoms with E-state index in [1.54, 1.807) is 0 Å². The van der Waals surface area contributed by atoms with Crippen LogP contribution in [0.5, 0.6) is 5.75 Å². The quantitative estimate of drug-likeness (QED) is 0.876. The molecule has 0 spiro atoms. The van der Waals surface area contributed by atoms with Gasteiger partial charge in [0.05, 0.1) is 0 Å². The van der Waals surface area contributed by atoms with Gasteiger partial charge in [0.1, 0.15) is 11.8 Å². The summed E-state index contributed by atoms with van der Waals surface area (Å²) in [5, 5.41) is 11.9. The van der Waals surface area contributed by atoms with E-state index >= 15 is 0 Å². The Morgan fingerprint density at radius 1 is 1.20 bits per heavy atom. The molecule has 20 heavy (non-hydrogen) atoms. The van der Waals surface area contributed by atoms with Gasteiger partial charge in [-0.15, -0.1) is 0 Å². The number of hydrogen-bond acceptors (Lipinski definition) is 3. The van der Waals surface area contributed by atoms with Gasteiger partial charge in [0.15, 0.2) is 6.61 Å². The van der Waals surface area contributed by atoms with Crippen molar-refractivity contribution < 1.29 is 4.74 Å². The Morgan fingerprint density at radius 2 is 1.90 bits per heavy atom. The second-order valence-electron chi connectivity index (χ2n) is 4.36. The van der Waals surface area contributed by atoms with Crippen molar-refractivity contribution >= 4 is 21.6 Å².